The Kier molecular flexibility index (Phi) is 13.6. The third kappa shape index (κ3) is 9.69. The molecule has 16 nitrogen and oxygen atoms in total. The maximum atomic E-state index is 14.5. The van der Waals surface area contributed by atoms with Crippen molar-refractivity contribution in [3.63, 3.8) is 0 Å². The maximum absolute atomic E-state index is 14.5. The second-order valence-corrected chi connectivity index (χ2v) is 18.9. The number of fused-ring (bicyclic) bond motifs is 1. The van der Waals surface area contributed by atoms with Crippen LogP contribution in [-0.4, -0.2) is 109 Å². The molecule has 4 aliphatic rings. The van der Waals surface area contributed by atoms with Crippen LogP contribution in [0.5, 0.6) is 0 Å². The number of aliphatic imine (C=N–C) groups is 1. The van der Waals surface area contributed by atoms with Crippen molar-refractivity contribution in [3.8, 4) is 0 Å². The van der Waals surface area contributed by atoms with Gasteiger partial charge in [-0.25, -0.2) is 4.79 Å². The average Bonchev–Trinajstić information content (AvgIpc) is 3.88. The van der Waals surface area contributed by atoms with Crippen LogP contribution in [0.4, 0.5) is 5.69 Å². The van der Waals surface area contributed by atoms with Crippen molar-refractivity contribution in [2.45, 2.75) is 102 Å². The topological polar surface area (TPSA) is 212 Å². The lowest BCUT2D eigenvalue weighted by molar-refractivity contribution is -0.197. The SMILES string of the molecule is C/N=C(\C=C1/C(=O)C(/C=C2/N(C)c3ccccc3C2(C)C)=C1N1CCC[C@@H]1C(=O)N[C@@H](CS(=O)(=O)O)C(=O)NCCCCC(=O)ON1C(=O)CCC1=O)C(C)(C)c1ccccc1C. The number of likely N-dealkylation sites (N-methyl/N-ethyl adjacent to an activating group) is 1. The van der Waals surface area contributed by atoms with E-state index in [9.17, 15) is 41.7 Å². The first-order valence-corrected chi connectivity index (χ1v) is 22.7. The highest BCUT2D eigenvalue weighted by Crippen LogP contribution is 2.49. The standard InChI is InChI=1S/C46H56N6O10S/c1-28-15-8-9-16-31(28)45(2,3)36(47-6)25-29-41(30(42(29)56)26-37-46(4,5)32-17-10-11-18-34(32)50(37)7)51-24-14-19-35(51)44(58)49-33(27-63(59,60)61)43(57)48-23-13-12-20-40(55)62-52-38(53)21-22-39(52)54/h8-11,15-18,25-26,33,35H,12-14,19-24,27H2,1-7H3,(H,48,57)(H,49,58)(H,59,60,61)/b29-25-,37-26+,47-36+/t33-,35+/m0/s1. The Morgan fingerprint density at radius 2 is 1.70 bits per heavy atom. The van der Waals surface area contributed by atoms with Crippen LogP contribution < -0.4 is 15.5 Å². The van der Waals surface area contributed by atoms with E-state index in [2.05, 4.69) is 40.4 Å². The van der Waals surface area contributed by atoms with Crippen molar-refractivity contribution in [2.75, 3.05) is 37.8 Å². The second kappa shape index (κ2) is 18.4. The van der Waals surface area contributed by atoms with Gasteiger partial charge in [-0.2, -0.15) is 8.42 Å². The van der Waals surface area contributed by atoms with Gasteiger partial charge in [0.25, 0.3) is 21.9 Å². The van der Waals surface area contributed by atoms with Crippen LogP contribution in [0.3, 0.4) is 0 Å². The maximum Gasteiger partial charge on any atom is 0.333 e. The lowest BCUT2D eigenvalue weighted by Crippen LogP contribution is -2.55. The molecule has 3 heterocycles. The van der Waals surface area contributed by atoms with Crippen LogP contribution in [0.2, 0.25) is 0 Å². The van der Waals surface area contributed by atoms with Crippen molar-refractivity contribution in [1.82, 2.24) is 20.6 Å². The predicted octanol–water partition coefficient (Wildman–Crippen LogP) is 4.15. The molecule has 3 aliphatic heterocycles. The molecular formula is C46H56N6O10S. The summed E-state index contributed by atoms with van der Waals surface area (Å²) in [5, 5.41) is 5.56. The van der Waals surface area contributed by atoms with E-state index in [4.69, 9.17) is 4.84 Å². The molecule has 2 fully saturated rings. The van der Waals surface area contributed by atoms with Gasteiger partial charge in [-0.15, -0.1) is 5.06 Å². The highest BCUT2D eigenvalue weighted by Gasteiger charge is 2.46. The van der Waals surface area contributed by atoms with Gasteiger partial charge in [-0.05, 0) is 67.5 Å². The summed E-state index contributed by atoms with van der Waals surface area (Å²) >= 11 is 0. The van der Waals surface area contributed by atoms with Crippen molar-refractivity contribution in [3.05, 3.63) is 99.9 Å². The van der Waals surface area contributed by atoms with Crippen LogP contribution >= 0.6 is 0 Å². The number of carbonyl (C=O) groups excluding carboxylic acids is 6. The summed E-state index contributed by atoms with van der Waals surface area (Å²) in [6.45, 7) is 10.6. The third-order valence-corrected chi connectivity index (χ3v) is 13.1. The fraction of sp³-hybridized carbons (Fsp3) is 0.457. The molecule has 0 saturated carbocycles. The van der Waals surface area contributed by atoms with Crippen molar-refractivity contribution in [1.29, 1.82) is 0 Å². The van der Waals surface area contributed by atoms with Crippen LogP contribution in [0.25, 0.3) is 0 Å². The Morgan fingerprint density at radius 3 is 2.35 bits per heavy atom. The molecule has 2 aromatic carbocycles. The first-order valence-electron chi connectivity index (χ1n) is 21.1. The number of unbranched alkanes of at least 4 members (excludes halogenated alkanes) is 1. The third-order valence-electron chi connectivity index (χ3n) is 12.4. The van der Waals surface area contributed by atoms with E-state index in [1.165, 1.54) is 0 Å². The van der Waals surface area contributed by atoms with E-state index in [1.807, 2.05) is 81.3 Å². The van der Waals surface area contributed by atoms with E-state index >= 15 is 0 Å². The molecule has 0 bridgehead atoms. The molecule has 0 radical (unpaired) electrons. The summed E-state index contributed by atoms with van der Waals surface area (Å²) in [6.07, 6.45) is 4.71. The molecule has 0 spiro atoms. The number of anilines is 1. The van der Waals surface area contributed by atoms with Crippen molar-refractivity contribution < 1.29 is 46.6 Å². The summed E-state index contributed by atoms with van der Waals surface area (Å²) in [4.78, 5) is 91.2. The number of aryl methyl sites for hydroxylation is 1. The van der Waals surface area contributed by atoms with Crippen molar-refractivity contribution in [2.24, 2.45) is 4.99 Å². The molecule has 2 aromatic rings. The number of benzene rings is 2. The Labute approximate surface area is 368 Å². The molecule has 0 aromatic heterocycles. The zero-order valence-corrected chi connectivity index (χ0v) is 37.6. The number of hydroxylamine groups is 2. The number of rotatable bonds is 16. The van der Waals surface area contributed by atoms with Crippen LogP contribution in [0.1, 0.15) is 89.3 Å². The van der Waals surface area contributed by atoms with E-state index in [0.29, 0.717) is 47.0 Å². The number of hydrogen-bond acceptors (Lipinski definition) is 12. The molecule has 6 rings (SSSR count). The number of likely N-dealkylation sites (tertiary alicyclic amines) is 1. The van der Waals surface area contributed by atoms with Gasteiger partial charge in [0.05, 0.1) is 5.70 Å². The summed E-state index contributed by atoms with van der Waals surface area (Å²) < 4.78 is 34.1. The van der Waals surface area contributed by atoms with Gasteiger partial charge in [0, 0.05) is 85.5 Å². The van der Waals surface area contributed by atoms with Gasteiger partial charge in [-0.3, -0.25) is 33.5 Å². The number of para-hydroxylation sites is 1. The summed E-state index contributed by atoms with van der Waals surface area (Å²) in [7, 11) is -1.13. The van der Waals surface area contributed by atoms with E-state index in [0.717, 1.165) is 28.1 Å². The smallest absolute Gasteiger partial charge is 0.333 e. The number of ketones is 1. The van der Waals surface area contributed by atoms with Gasteiger partial charge < -0.3 is 25.3 Å². The molecule has 63 heavy (non-hydrogen) atoms. The van der Waals surface area contributed by atoms with Crippen molar-refractivity contribution >= 4 is 56.9 Å². The molecule has 1 aliphatic carbocycles. The molecular weight excluding hydrogens is 829 g/mol. The molecule has 336 valence electrons. The Balaban J connectivity index is 1.26. The number of allylic oxidation sites excluding steroid dienone is 5. The van der Waals surface area contributed by atoms with Gasteiger partial charge in [0.2, 0.25) is 11.8 Å². The monoisotopic (exact) mass is 884 g/mol. The number of imide groups is 1. The number of nitrogens with zero attached hydrogens (tertiary/aromatic N) is 4. The highest BCUT2D eigenvalue weighted by atomic mass is 32.2. The first kappa shape index (κ1) is 46.6. The zero-order valence-electron chi connectivity index (χ0n) is 36.8. The highest BCUT2D eigenvalue weighted by molar-refractivity contribution is 7.85. The number of amides is 4. The predicted molar refractivity (Wildman–Crippen MR) is 236 cm³/mol. The van der Waals surface area contributed by atoms with Gasteiger partial charge in [-0.1, -0.05) is 70.2 Å². The molecule has 17 heteroatoms. The number of carbonyl (C=O) groups is 6. The minimum absolute atomic E-state index is 0.0307. The molecule has 0 unspecified atom stereocenters. The minimum Gasteiger partial charge on any atom is -0.358 e. The van der Waals surface area contributed by atoms with Crippen LogP contribution in [0, 0.1) is 6.92 Å². The summed E-state index contributed by atoms with van der Waals surface area (Å²) in [6, 6.07) is 13.4. The fourth-order valence-corrected chi connectivity index (χ4v) is 9.65. The summed E-state index contributed by atoms with van der Waals surface area (Å²) in [5.41, 5.74) is 5.96. The van der Waals surface area contributed by atoms with Crippen LogP contribution in [-0.2, 0) is 54.6 Å². The minimum atomic E-state index is -4.76. The summed E-state index contributed by atoms with van der Waals surface area (Å²) in [5.74, 6) is -4.88. The number of Topliss-reactive ketones (excluding diaryl/α,β-unsaturated/α-hetero) is 1. The Bertz CT molecular complexity index is 2450. The average molecular weight is 885 g/mol. The lowest BCUT2D eigenvalue weighted by Gasteiger charge is -2.38. The lowest BCUT2D eigenvalue weighted by atomic mass is 9.74. The van der Waals surface area contributed by atoms with Gasteiger partial charge >= 0.3 is 5.97 Å². The second-order valence-electron chi connectivity index (χ2n) is 17.4. The zero-order chi connectivity index (χ0) is 46.0. The molecule has 2 saturated heterocycles. The van der Waals surface area contributed by atoms with Gasteiger partial charge in [0.1, 0.15) is 17.8 Å². The fourth-order valence-electron chi connectivity index (χ4n) is 8.99. The number of hydrogen-bond donors (Lipinski definition) is 3. The van der Waals surface area contributed by atoms with E-state index < -0.39 is 68.4 Å². The first-order chi connectivity index (χ1) is 29.7. The van der Waals surface area contributed by atoms with E-state index in [-0.39, 0.29) is 44.4 Å². The molecule has 4 amide bonds. The van der Waals surface area contributed by atoms with Gasteiger partial charge in [0.15, 0.2) is 5.78 Å². The molecule has 2 atom stereocenters. The Morgan fingerprint density at radius 1 is 1.03 bits per heavy atom. The quantitative estimate of drug-likeness (QED) is 0.0714. The number of nitrogens with one attached hydrogen (secondary N) is 2. The van der Waals surface area contributed by atoms with E-state index in [1.54, 1.807) is 13.1 Å². The Hall–Kier alpha value is -5.94. The largest absolute Gasteiger partial charge is 0.358 e. The molecule has 3 N–H and O–H groups in total. The van der Waals surface area contributed by atoms with Crippen LogP contribution in [0.15, 0.2) is 88.2 Å². The normalized spacial score (nSPS) is 20.7.